The van der Waals surface area contributed by atoms with Crippen LogP contribution in [-0.2, 0) is 31.4 Å². The quantitative estimate of drug-likeness (QED) is 0.670. The summed E-state index contributed by atoms with van der Waals surface area (Å²) >= 11 is 0. The maximum Gasteiger partial charge on any atom is 0.475 e. The zero-order valence-electron chi connectivity index (χ0n) is 12.0. The topological polar surface area (TPSA) is 44.8 Å². The molecule has 0 atom stereocenters. The first-order valence-electron chi connectivity index (χ1n) is 6.83. The molecule has 0 saturated heterocycles. The van der Waals surface area contributed by atoms with Gasteiger partial charge >= 0.3 is 7.82 Å². The summed E-state index contributed by atoms with van der Waals surface area (Å²) in [6.45, 7) is 2.39. The van der Waals surface area contributed by atoms with Crippen LogP contribution in [-0.4, -0.2) is 6.61 Å². The second-order valence-electron chi connectivity index (χ2n) is 4.38. The van der Waals surface area contributed by atoms with E-state index in [4.69, 9.17) is 13.6 Å². The van der Waals surface area contributed by atoms with E-state index in [-0.39, 0.29) is 19.8 Å². The smallest absolute Gasteiger partial charge is 0.287 e. The standard InChI is InChI=1S/C16H19O4P/c1-2-18-21(17,19-13-15-9-5-3-6-10-15)20-14-16-11-7-4-8-12-16/h3-12H,2,13-14H2,1H3. The van der Waals surface area contributed by atoms with Gasteiger partial charge in [-0.3, -0.25) is 13.6 Å². The molecule has 0 aromatic heterocycles. The molecule has 0 aliphatic carbocycles. The van der Waals surface area contributed by atoms with Crippen molar-refractivity contribution >= 4 is 7.82 Å². The molecular weight excluding hydrogens is 287 g/mol. The third kappa shape index (κ3) is 5.44. The van der Waals surface area contributed by atoms with E-state index in [0.29, 0.717) is 0 Å². The molecular formula is C16H19O4P. The number of hydrogen-bond acceptors (Lipinski definition) is 4. The lowest BCUT2D eigenvalue weighted by Crippen LogP contribution is -2.01. The largest absolute Gasteiger partial charge is 0.475 e. The van der Waals surface area contributed by atoms with Gasteiger partial charge in [-0.15, -0.1) is 0 Å². The van der Waals surface area contributed by atoms with E-state index in [9.17, 15) is 4.57 Å². The Bertz CT molecular complexity index is 524. The number of phosphoric acid groups is 1. The molecule has 0 saturated carbocycles. The van der Waals surface area contributed by atoms with Crippen LogP contribution in [0.1, 0.15) is 18.1 Å². The summed E-state index contributed by atoms with van der Waals surface area (Å²) in [5.41, 5.74) is 1.83. The third-order valence-electron chi connectivity index (χ3n) is 2.75. The molecule has 5 heteroatoms. The molecule has 2 aromatic rings. The van der Waals surface area contributed by atoms with Gasteiger partial charge in [0.1, 0.15) is 0 Å². The highest BCUT2D eigenvalue weighted by Gasteiger charge is 2.26. The summed E-state index contributed by atoms with van der Waals surface area (Å²) in [4.78, 5) is 0. The molecule has 4 nitrogen and oxygen atoms in total. The second-order valence-corrected chi connectivity index (χ2v) is 6.05. The SMILES string of the molecule is CCOP(=O)(OCc1ccccc1)OCc1ccccc1. The van der Waals surface area contributed by atoms with Crippen molar-refractivity contribution in [3.05, 3.63) is 71.8 Å². The average molecular weight is 306 g/mol. The van der Waals surface area contributed by atoms with Crippen molar-refractivity contribution < 1.29 is 18.1 Å². The van der Waals surface area contributed by atoms with E-state index >= 15 is 0 Å². The number of hydrogen-bond donors (Lipinski definition) is 0. The lowest BCUT2D eigenvalue weighted by Gasteiger charge is -2.17. The molecule has 0 fully saturated rings. The van der Waals surface area contributed by atoms with Gasteiger partial charge in [-0.05, 0) is 18.1 Å². The molecule has 0 heterocycles. The minimum atomic E-state index is -3.55. The zero-order chi connectivity index (χ0) is 15.0. The molecule has 0 unspecified atom stereocenters. The molecule has 0 N–H and O–H groups in total. The fourth-order valence-corrected chi connectivity index (χ4v) is 2.88. The Labute approximate surface area is 125 Å². The minimum absolute atomic E-state index is 0.187. The van der Waals surface area contributed by atoms with E-state index in [1.54, 1.807) is 6.92 Å². The highest BCUT2D eigenvalue weighted by atomic mass is 31.2. The van der Waals surface area contributed by atoms with Crippen LogP contribution in [0.15, 0.2) is 60.7 Å². The molecule has 0 spiro atoms. The summed E-state index contributed by atoms with van der Waals surface area (Å²) < 4.78 is 28.5. The fourth-order valence-electron chi connectivity index (χ4n) is 1.73. The van der Waals surface area contributed by atoms with Gasteiger partial charge in [0.05, 0.1) is 19.8 Å². The number of phosphoric ester groups is 1. The summed E-state index contributed by atoms with van der Waals surface area (Å²) in [5, 5.41) is 0. The predicted molar refractivity (Wildman–Crippen MR) is 81.7 cm³/mol. The highest BCUT2D eigenvalue weighted by Crippen LogP contribution is 2.50. The van der Waals surface area contributed by atoms with Crippen molar-refractivity contribution in [3.8, 4) is 0 Å². The zero-order valence-corrected chi connectivity index (χ0v) is 12.9. The van der Waals surface area contributed by atoms with Crippen LogP contribution in [0, 0.1) is 0 Å². The molecule has 112 valence electrons. The van der Waals surface area contributed by atoms with E-state index < -0.39 is 7.82 Å². The van der Waals surface area contributed by atoms with Crippen molar-refractivity contribution in [2.24, 2.45) is 0 Å². The van der Waals surface area contributed by atoms with Gasteiger partial charge in [0.2, 0.25) is 0 Å². The monoisotopic (exact) mass is 306 g/mol. The Morgan fingerprint density at radius 2 is 1.19 bits per heavy atom. The molecule has 0 radical (unpaired) electrons. The first-order valence-corrected chi connectivity index (χ1v) is 8.29. The molecule has 0 amide bonds. The van der Waals surface area contributed by atoms with Crippen LogP contribution in [0.3, 0.4) is 0 Å². The lowest BCUT2D eigenvalue weighted by atomic mass is 10.2. The Balaban J connectivity index is 1.94. The van der Waals surface area contributed by atoms with E-state index in [2.05, 4.69) is 0 Å². The first-order chi connectivity index (χ1) is 10.2. The van der Waals surface area contributed by atoms with Gasteiger partial charge in [0, 0.05) is 0 Å². The summed E-state index contributed by atoms with van der Waals surface area (Å²) in [6.07, 6.45) is 0. The number of benzene rings is 2. The van der Waals surface area contributed by atoms with Gasteiger partial charge in [-0.2, -0.15) is 0 Å². The Morgan fingerprint density at radius 3 is 1.57 bits per heavy atom. The Morgan fingerprint density at radius 1 is 0.762 bits per heavy atom. The van der Waals surface area contributed by atoms with E-state index in [1.807, 2.05) is 60.7 Å². The van der Waals surface area contributed by atoms with Crippen LogP contribution in [0.2, 0.25) is 0 Å². The molecule has 0 aliphatic rings. The Kier molecular flexibility index (Phi) is 6.15. The maximum absolute atomic E-state index is 12.5. The van der Waals surface area contributed by atoms with Gasteiger partial charge in [0.15, 0.2) is 0 Å². The van der Waals surface area contributed by atoms with E-state index in [0.717, 1.165) is 11.1 Å². The van der Waals surface area contributed by atoms with Crippen LogP contribution < -0.4 is 0 Å². The van der Waals surface area contributed by atoms with Crippen LogP contribution in [0.5, 0.6) is 0 Å². The van der Waals surface area contributed by atoms with E-state index in [1.165, 1.54) is 0 Å². The Hall–Kier alpha value is -1.45. The normalized spacial score (nSPS) is 11.5. The molecule has 2 rings (SSSR count). The van der Waals surface area contributed by atoms with Gasteiger partial charge < -0.3 is 0 Å². The summed E-state index contributed by atoms with van der Waals surface area (Å²) in [5.74, 6) is 0. The minimum Gasteiger partial charge on any atom is -0.287 e. The molecule has 0 bridgehead atoms. The molecule has 2 aromatic carbocycles. The van der Waals surface area contributed by atoms with Gasteiger partial charge in [-0.25, -0.2) is 4.57 Å². The predicted octanol–water partition coefficient (Wildman–Crippen LogP) is 4.56. The van der Waals surface area contributed by atoms with Crippen molar-refractivity contribution in [3.63, 3.8) is 0 Å². The van der Waals surface area contributed by atoms with Crippen LogP contribution in [0.4, 0.5) is 0 Å². The van der Waals surface area contributed by atoms with Crippen molar-refractivity contribution in [2.45, 2.75) is 20.1 Å². The highest BCUT2D eigenvalue weighted by molar-refractivity contribution is 7.48. The summed E-state index contributed by atoms with van der Waals surface area (Å²) in [6, 6.07) is 19.0. The van der Waals surface area contributed by atoms with Gasteiger partial charge in [-0.1, -0.05) is 60.7 Å². The second kappa shape index (κ2) is 8.11. The van der Waals surface area contributed by atoms with Crippen LogP contribution in [0.25, 0.3) is 0 Å². The average Bonchev–Trinajstić information content (AvgIpc) is 2.54. The van der Waals surface area contributed by atoms with Crippen molar-refractivity contribution in [1.29, 1.82) is 0 Å². The summed E-state index contributed by atoms with van der Waals surface area (Å²) in [7, 11) is -3.55. The van der Waals surface area contributed by atoms with Crippen molar-refractivity contribution in [1.82, 2.24) is 0 Å². The number of rotatable bonds is 8. The lowest BCUT2D eigenvalue weighted by molar-refractivity contribution is 0.107. The van der Waals surface area contributed by atoms with Gasteiger partial charge in [0.25, 0.3) is 0 Å². The molecule has 21 heavy (non-hydrogen) atoms. The maximum atomic E-state index is 12.5. The van der Waals surface area contributed by atoms with Crippen molar-refractivity contribution in [2.75, 3.05) is 6.61 Å². The molecule has 0 aliphatic heterocycles. The fraction of sp³-hybridized carbons (Fsp3) is 0.250. The third-order valence-corrected chi connectivity index (χ3v) is 4.22. The van der Waals surface area contributed by atoms with Crippen LogP contribution >= 0.6 is 7.82 Å². The first kappa shape index (κ1) is 15.9.